The molecule has 1 N–H and O–H groups in total. The number of nitrogens with one attached hydrogen (secondary N) is 1. The van der Waals surface area contributed by atoms with Crippen molar-refractivity contribution >= 4 is 17.0 Å². The zero-order chi connectivity index (χ0) is 9.26. The second-order valence-corrected chi connectivity index (χ2v) is 3.16. The highest BCUT2D eigenvalue weighted by Gasteiger charge is 1.99. The minimum atomic E-state index is 0.987. The molecule has 1 nitrogen and oxygen atoms in total. The summed E-state index contributed by atoms with van der Waals surface area (Å²) in [6, 6.07) is 12.2. The molecule has 1 heteroatoms. The van der Waals surface area contributed by atoms with E-state index in [1.54, 1.807) is 0 Å². The van der Waals surface area contributed by atoms with E-state index in [4.69, 9.17) is 5.41 Å². The van der Waals surface area contributed by atoms with Crippen molar-refractivity contribution in [1.82, 2.24) is 0 Å². The molecular weight excluding hydrogens is 158 g/mol. The van der Waals surface area contributed by atoms with E-state index < -0.39 is 0 Å². The summed E-state index contributed by atoms with van der Waals surface area (Å²) in [5.41, 5.74) is 2.25. The molecule has 0 aromatic heterocycles. The Bertz CT molecular complexity index is 458. The van der Waals surface area contributed by atoms with E-state index in [9.17, 15) is 0 Å². The number of hydrogen-bond donors (Lipinski definition) is 1. The van der Waals surface area contributed by atoms with Crippen LogP contribution in [0.3, 0.4) is 0 Å². The molecule has 0 unspecified atom stereocenters. The molecule has 0 fully saturated rings. The van der Waals surface area contributed by atoms with Crippen molar-refractivity contribution in [2.24, 2.45) is 0 Å². The lowest BCUT2D eigenvalue weighted by molar-refractivity contribution is 1.51. The second-order valence-electron chi connectivity index (χ2n) is 3.16. The maximum Gasteiger partial charge on any atom is 0.0256 e. The fourth-order valence-corrected chi connectivity index (χ4v) is 1.60. The predicted octanol–water partition coefficient (Wildman–Crippen LogP) is 3.15. The minimum Gasteiger partial charge on any atom is -0.308 e. The monoisotopic (exact) mass is 169 g/mol. The fourth-order valence-electron chi connectivity index (χ4n) is 1.60. The lowest BCUT2D eigenvalue weighted by atomic mass is 10.0. The van der Waals surface area contributed by atoms with Crippen LogP contribution in [0.1, 0.15) is 11.1 Å². The molecule has 0 spiro atoms. The van der Waals surface area contributed by atoms with Crippen LogP contribution in [0.4, 0.5) is 0 Å². The zero-order valence-corrected chi connectivity index (χ0v) is 7.54. The smallest absolute Gasteiger partial charge is 0.0256 e. The molecule has 0 saturated heterocycles. The second kappa shape index (κ2) is 3.02. The normalized spacial score (nSPS) is 10.2. The van der Waals surface area contributed by atoms with E-state index >= 15 is 0 Å². The molecule has 2 aromatic rings. The van der Waals surface area contributed by atoms with E-state index in [2.05, 4.69) is 25.1 Å². The first-order chi connectivity index (χ1) is 6.33. The molecule has 0 aliphatic carbocycles. The summed E-state index contributed by atoms with van der Waals surface area (Å²) >= 11 is 0. The van der Waals surface area contributed by atoms with Crippen molar-refractivity contribution in [3.8, 4) is 0 Å². The van der Waals surface area contributed by atoms with Crippen LogP contribution >= 0.6 is 0 Å². The third kappa shape index (κ3) is 1.22. The molecule has 2 rings (SSSR count). The Kier molecular flexibility index (Phi) is 1.85. The van der Waals surface area contributed by atoms with E-state index in [1.807, 2.05) is 18.2 Å². The van der Waals surface area contributed by atoms with Crippen LogP contribution in [0.2, 0.25) is 0 Å². The van der Waals surface area contributed by atoms with Gasteiger partial charge in [0.1, 0.15) is 0 Å². The summed E-state index contributed by atoms with van der Waals surface area (Å²) in [5, 5.41) is 9.67. The van der Waals surface area contributed by atoms with Crippen LogP contribution in [0.5, 0.6) is 0 Å². The number of rotatable bonds is 1. The molecule has 0 heterocycles. The van der Waals surface area contributed by atoms with Gasteiger partial charge in [0.25, 0.3) is 0 Å². The quantitative estimate of drug-likeness (QED) is 0.634. The number of aryl methyl sites for hydroxylation is 1. The molecule has 0 aliphatic rings. The average molecular weight is 169 g/mol. The van der Waals surface area contributed by atoms with Gasteiger partial charge in [0.2, 0.25) is 0 Å². The van der Waals surface area contributed by atoms with Gasteiger partial charge in [-0.2, -0.15) is 0 Å². The molecule has 0 atom stereocenters. The van der Waals surface area contributed by atoms with Gasteiger partial charge in [0.05, 0.1) is 0 Å². The average Bonchev–Trinajstić information content (AvgIpc) is 2.19. The summed E-state index contributed by atoms with van der Waals surface area (Å²) < 4.78 is 0. The number of benzene rings is 2. The summed E-state index contributed by atoms with van der Waals surface area (Å²) in [5.74, 6) is 0. The Hall–Kier alpha value is -1.63. The van der Waals surface area contributed by atoms with E-state index in [1.165, 1.54) is 17.2 Å². The maximum atomic E-state index is 7.27. The number of fused-ring (bicyclic) bond motifs is 1. The topological polar surface area (TPSA) is 23.9 Å². The van der Waals surface area contributed by atoms with Gasteiger partial charge in [-0.25, -0.2) is 0 Å². The van der Waals surface area contributed by atoms with Crippen molar-refractivity contribution < 1.29 is 0 Å². The molecule has 0 saturated carbocycles. The molecule has 0 bridgehead atoms. The Morgan fingerprint density at radius 2 is 1.69 bits per heavy atom. The molecule has 0 amide bonds. The van der Waals surface area contributed by atoms with Gasteiger partial charge in [-0.1, -0.05) is 36.4 Å². The standard InChI is InChI=1S/C12H11N/c1-9-6-7-10(8-13)12-5-3-2-4-11(9)12/h2-8,13H,1H3. The van der Waals surface area contributed by atoms with Crippen LogP contribution in [-0.4, -0.2) is 6.21 Å². The first-order valence-electron chi connectivity index (χ1n) is 4.32. The van der Waals surface area contributed by atoms with Gasteiger partial charge in [0.15, 0.2) is 0 Å². The van der Waals surface area contributed by atoms with Gasteiger partial charge >= 0.3 is 0 Å². The minimum absolute atomic E-state index is 0.987. The fraction of sp³-hybridized carbons (Fsp3) is 0.0833. The van der Waals surface area contributed by atoms with Crippen molar-refractivity contribution in [3.63, 3.8) is 0 Å². The molecule has 0 radical (unpaired) electrons. The highest BCUT2D eigenvalue weighted by molar-refractivity contribution is 6.00. The van der Waals surface area contributed by atoms with E-state index in [0.717, 1.165) is 10.9 Å². The molecule has 13 heavy (non-hydrogen) atoms. The molecule has 64 valence electrons. The Morgan fingerprint density at radius 3 is 2.38 bits per heavy atom. The van der Waals surface area contributed by atoms with Gasteiger partial charge < -0.3 is 5.41 Å². The van der Waals surface area contributed by atoms with Crippen LogP contribution in [-0.2, 0) is 0 Å². The largest absolute Gasteiger partial charge is 0.308 e. The number of hydrogen-bond acceptors (Lipinski definition) is 1. The van der Waals surface area contributed by atoms with E-state index in [-0.39, 0.29) is 0 Å². The van der Waals surface area contributed by atoms with Crippen LogP contribution < -0.4 is 0 Å². The van der Waals surface area contributed by atoms with Crippen LogP contribution in [0, 0.1) is 12.3 Å². The highest BCUT2D eigenvalue weighted by Crippen LogP contribution is 2.20. The van der Waals surface area contributed by atoms with Gasteiger partial charge in [-0.15, -0.1) is 0 Å². The van der Waals surface area contributed by atoms with Gasteiger partial charge in [-0.05, 0) is 28.8 Å². The van der Waals surface area contributed by atoms with Crippen molar-refractivity contribution in [2.45, 2.75) is 6.92 Å². The summed E-state index contributed by atoms with van der Waals surface area (Å²) in [7, 11) is 0. The Balaban J connectivity index is 2.92. The first kappa shape index (κ1) is 7.99. The van der Waals surface area contributed by atoms with Gasteiger partial charge in [-0.3, -0.25) is 0 Å². The first-order valence-corrected chi connectivity index (χ1v) is 4.32. The van der Waals surface area contributed by atoms with E-state index in [0.29, 0.717) is 0 Å². The lowest BCUT2D eigenvalue weighted by Crippen LogP contribution is -1.85. The molecular formula is C12H11N. The Morgan fingerprint density at radius 1 is 1.00 bits per heavy atom. The van der Waals surface area contributed by atoms with Crippen LogP contribution in [0.25, 0.3) is 10.8 Å². The molecule has 2 aromatic carbocycles. The summed E-state index contributed by atoms with van der Waals surface area (Å²) in [6.45, 7) is 2.09. The van der Waals surface area contributed by atoms with Gasteiger partial charge in [0, 0.05) is 6.21 Å². The third-order valence-electron chi connectivity index (χ3n) is 2.33. The predicted molar refractivity (Wildman–Crippen MR) is 56.6 cm³/mol. The highest BCUT2D eigenvalue weighted by atomic mass is 14.3. The molecule has 0 aliphatic heterocycles. The zero-order valence-electron chi connectivity index (χ0n) is 7.54. The summed E-state index contributed by atoms with van der Waals surface area (Å²) in [4.78, 5) is 0. The summed E-state index contributed by atoms with van der Waals surface area (Å²) in [6.07, 6.45) is 1.40. The van der Waals surface area contributed by atoms with Crippen molar-refractivity contribution in [2.75, 3.05) is 0 Å². The Labute approximate surface area is 77.5 Å². The SMILES string of the molecule is Cc1ccc(C=N)c2ccccc12. The third-order valence-corrected chi connectivity index (χ3v) is 2.33. The van der Waals surface area contributed by atoms with Crippen molar-refractivity contribution in [3.05, 3.63) is 47.5 Å². The lowest BCUT2D eigenvalue weighted by Gasteiger charge is -2.03. The van der Waals surface area contributed by atoms with Crippen molar-refractivity contribution in [1.29, 1.82) is 5.41 Å². The van der Waals surface area contributed by atoms with Crippen LogP contribution in [0.15, 0.2) is 36.4 Å². The maximum absolute atomic E-state index is 7.27.